The molecule has 0 aliphatic carbocycles. The first kappa shape index (κ1) is 17.9. The lowest BCUT2D eigenvalue weighted by Gasteiger charge is -2.32. The van der Waals surface area contributed by atoms with E-state index in [9.17, 15) is 13.2 Å². The lowest BCUT2D eigenvalue weighted by atomic mass is 10.1. The zero-order valence-corrected chi connectivity index (χ0v) is 14.2. The summed E-state index contributed by atoms with van der Waals surface area (Å²) in [6, 6.07) is 5.42. The molecule has 1 amide bonds. The van der Waals surface area contributed by atoms with Crippen molar-refractivity contribution < 1.29 is 18.0 Å². The van der Waals surface area contributed by atoms with E-state index in [1.807, 2.05) is 6.92 Å². The molecule has 1 aromatic rings. The second-order valence-electron chi connectivity index (χ2n) is 5.51. The molecular formula is C15H23N3O4S. The van der Waals surface area contributed by atoms with Gasteiger partial charge in [-0.15, -0.1) is 0 Å². The van der Waals surface area contributed by atoms with Crippen LogP contribution in [0.2, 0.25) is 0 Å². The maximum Gasteiger partial charge on any atom is 0.265 e. The Kier molecular flexibility index (Phi) is 5.74. The van der Waals surface area contributed by atoms with E-state index in [4.69, 9.17) is 10.6 Å². The average Bonchev–Trinajstić information content (AvgIpc) is 3.06. The average molecular weight is 341 g/mol. The summed E-state index contributed by atoms with van der Waals surface area (Å²) in [6.45, 7) is 2.79. The molecule has 0 saturated carbocycles. The molecule has 2 rings (SSSR count). The third-order valence-corrected chi connectivity index (χ3v) is 5.83. The molecule has 3 N–H and O–H groups in total. The second kappa shape index (κ2) is 7.39. The molecule has 1 aliphatic heterocycles. The van der Waals surface area contributed by atoms with Crippen LogP contribution < -0.4 is 11.1 Å². The molecule has 23 heavy (non-hydrogen) atoms. The van der Waals surface area contributed by atoms with Gasteiger partial charge in [-0.2, -0.15) is 0 Å². The monoisotopic (exact) mass is 341 g/mol. The van der Waals surface area contributed by atoms with E-state index in [0.717, 1.165) is 23.9 Å². The summed E-state index contributed by atoms with van der Waals surface area (Å²) < 4.78 is 26.9. The predicted octanol–water partition coefficient (Wildman–Crippen LogP) is 0.868. The molecule has 1 heterocycles. The van der Waals surface area contributed by atoms with Gasteiger partial charge in [0.15, 0.2) is 0 Å². The van der Waals surface area contributed by atoms with Crippen molar-refractivity contribution in [3.05, 3.63) is 29.8 Å². The van der Waals surface area contributed by atoms with Gasteiger partial charge in [-0.25, -0.2) is 8.42 Å². The molecule has 0 bridgehead atoms. The Balaban J connectivity index is 2.37. The van der Waals surface area contributed by atoms with Gasteiger partial charge in [0.25, 0.3) is 10.0 Å². The van der Waals surface area contributed by atoms with E-state index >= 15 is 0 Å². The Labute approximate surface area is 136 Å². The van der Waals surface area contributed by atoms with Crippen LogP contribution in [0.15, 0.2) is 29.2 Å². The van der Waals surface area contributed by atoms with E-state index in [2.05, 4.69) is 5.32 Å². The van der Waals surface area contributed by atoms with Crippen LogP contribution in [0.5, 0.6) is 0 Å². The molecule has 1 aromatic carbocycles. The molecule has 2 unspecified atom stereocenters. The van der Waals surface area contributed by atoms with Gasteiger partial charge in [0.2, 0.25) is 5.91 Å². The van der Waals surface area contributed by atoms with Crippen molar-refractivity contribution in [2.45, 2.75) is 43.2 Å². The lowest BCUT2D eigenvalue weighted by Crippen LogP contribution is -2.49. The molecule has 7 nitrogen and oxygen atoms in total. The number of hydrogen-bond donors (Lipinski definition) is 2. The maximum atomic E-state index is 12.9. The maximum absolute atomic E-state index is 12.9. The van der Waals surface area contributed by atoms with Crippen molar-refractivity contribution in [2.75, 3.05) is 13.7 Å². The Morgan fingerprint density at radius 3 is 2.78 bits per heavy atom. The number of primary amides is 1. The Hall–Kier alpha value is -1.48. The first-order valence-corrected chi connectivity index (χ1v) is 9.07. The summed E-state index contributed by atoms with van der Waals surface area (Å²) in [5.41, 5.74) is 5.38. The Bertz CT molecular complexity index is 656. The number of nitrogens with one attached hydrogen (secondary N) is 1. The third kappa shape index (κ3) is 3.72. The highest BCUT2D eigenvalue weighted by Crippen LogP contribution is 2.25. The SMILES string of the molecule is CCC(C1CCCN1)N(OC)S(=O)(=O)c1cccc(C(N)=O)c1. The molecule has 128 valence electrons. The standard InChI is InChI=1S/C15H23N3O4S/c1-3-14(13-8-5-9-17-13)18(22-2)23(20,21)12-7-4-6-11(10-12)15(16)19/h4,6-7,10,13-14,17H,3,5,8-9H2,1-2H3,(H2,16,19). The quantitative estimate of drug-likeness (QED) is 0.717. The number of benzene rings is 1. The van der Waals surface area contributed by atoms with Gasteiger partial charge < -0.3 is 11.1 Å². The molecular weight excluding hydrogens is 318 g/mol. The lowest BCUT2D eigenvalue weighted by molar-refractivity contribution is -0.0891. The topological polar surface area (TPSA) is 102 Å². The Morgan fingerprint density at radius 2 is 2.26 bits per heavy atom. The summed E-state index contributed by atoms with van der Waals surface area (Å²) >= 11 is 0. The summed E-state index contributed by atoms with van der Waals surface area (Å²) in [7, 11) is -2.55. The second-order valence-corrected chi connectivity index (χ2v) is 7.29. The molecule has 0 spiro atoms. The van der Waals surface area contributed by atoms with Crippen molar-refractivity contribution in [1.29, 1.82) is 0 Å². The highest BCUT2D eigenvalue weighted by Gasteiger charge is 2.37. The van der Waals surface area contributed by atoms with E-state index in [1.54, 1.807) is 0 Å². The summed E-state index contributed by atoms with van der Waals surface area (Å²) in [4.78, 5) is 16.5. The molecule has 0 aromatic heterocycles. The number of sulfonamides is 1. The summed E-state index contributed by atoms with van der Waals surface area (Å²) in [5, 5.41) is 3.32. The number of amides is 1. The molecule has 1 fully saturated rings. The molecule has 0 radical (unpaired) electrons. The van der Waals surface area contributed by atoms with Crippen molar-refractivity contribution in [3.63, 3.8) is 0 Å². The van der Waals surface area contributed by atoms with Crippen LogP contribution in [0.4, 0.5) is 0 Å². The van der Waals surface area contributed by atoms with Gasteiger partial charge in [-0.3, -0.25) is 9.63 Å². The van der Waals surface area contributed by atoms with Crippen molar-refractivity contribution in [2.24, 2.45) is 5.73 Å². The molecule has 8 heteroatoms. The van der Waals surface area contributed by atoms with Gasteiger partial charge in [0, 0.05) is 11.6 Å². The largest absolute Gasteiger partial charge is 0.366 e. The van der Waals surface area contributed by atoms with Crippen LogP contribution in [-0.4, -0.2) is 44.5 Å². The minimum absolute atomic E-state index is 0.00732. The number of hydrogen-bond acceptors (Lipinski definition) is 5. The van der Waals surface area contributed by atoms with Crippen LogP contribution >= 0.6 is 0 Å². The predicted molar refractivity (Wildman–Crippen MR) is 86.1 cm³/mol. The van der Waals surface area contributed by atoms with Crippen LogP contribution in [0.25, 0.3) is 0 Å². The fourth-order valence-corrected chi connectivity index (χ4v) is 4.53. The van der Waals surface area contributed by atoms with Crippen LogP contribution in [-0.2, 0) is 14.9 Å². The van der Waals surface area contributed by atoms with Crippen molar-refractivity contribution in [3.8, 4) is 0 Å². The van der Waals surface area contributed by atoms with E-state index in [-0.39, 0.29) is 22.5 Å². The number of hydroxylamine groups is 1. The molecule has 1 saturated heterocycles. The smallest absolute Gasteiger partial charge is 0.265 e. The minimum atomic E-state index is -3.89. The Morgan fingerprint density at radius 1 is 1.52 bits per heavy atom. The highest BCUT2D eigenvalue weighted by molar-refractivity contribution is 7.89. The number of nitrogens with zero attached hydrogens (tertiary/aromatic N) is 1. The van der Waals surface area contributed by atoms with Crippen LogP contribution in [0.1, 0.15) is 36.5 Å². The zero-order chi connectivity index (χ0) is 17.0. The van der Waals surface area contributed by atoms with E-state index < -0.39 is 15.9 Å². The van der Waals surface area contributed by atoms with Gasteiger partial charge in [-0.1, -0.05) is 17.5 Å². The number of carbonyl (C=O) groups is 1. The first-order chi connectivity index (χ1) is 10.9. The fourth-order valence-electron chi connectivity index (χ4n) is 2.95. The molecule has 1 aliphatic rings. The first-order valence-electron chi connectivity index (χ1n) is 7.63. The minimum Gasteiger partial charge on any atom is -0.366 e. The van der Waals surface area contributed by atoms with Crippen molar-refractivity contribution >= 4 is 15.9 Å². The molecule has 2 atom stereocenters. The zero-order valence-electron chi connectivity index (χ0n) is 13.4. The summed E-state index contributed by atoms with van der Waals surface area (Å²) in [6.07, 6.45) is 2.52. The van der Waals surface area contributed by atoms with Crippen LogP contribution in [0.3, 0.4) is 0 Å². The fraction of sp³-hybridized carbons (Fsp3) is 0.533. The number of rotatable bonds is 7. The normalized spacial score (nSPS) is 19.9. The van der Waals surface area contributed by atoms with Crippen LogP contribution in [0, 0.1) is 0 Å². The van der Waals surface area contributed by atoms with E-state index in [1.165, 1.54) is 31.4 Å². The van der Waals surface area contributed by atoms with Gasteiger partial charge in [0.1, 0.15) is 0 Å². The van der Waals surface area contributed by atoms with Gasteiger partial charge >= 0.3 is 0 Å². The third-order valence-electron chi connectivity index (χ3n) is 4.09. The number of nitrogens with two attached hydrogens (primary N) is 1. The highest BCUT2D eigenvalue weighted by atomic mass is 32.2. The summed E-state index contributed by atoms with van der Waals surface area (Å²) in [5.74, 6) is -0.671. The van der Waals surface area contributed by atoms with Gasteiger partial charge in [0.05, 0.1) is 18.0 Å². The van der Waals surface area contributed by atoms with Crippen molar-refractivity contribution in [1.82, 2.24) is 9.79 Å². The van der Waals surface area contributed by atoms with E-state index in [0.29, 0.717) is 6.42 Å². The van der Waals surface area contributed by atoms with Gasteiger partial charge in [-0.05, 0) is 44.0 Å². The number of carbonyl (C=O) groups excluding carboxylic acids is 1.